The van der Waals surface area contributed by atoms with Crippen LogP contribution in [0.25, 0.3) is 6.08 Å². The summed E-state index contributed by atoms with van der Waals surface area (Å²) in [6.07, 6.45) is 24.4. The third-order valence-corrected chi connectivity index (χ3v) is 6.48. The summed E-state index contributed by atoms with van der Waals surface area (Å²) in [5, 5.41) is 0. The molecule has 0 saturated carbocycles. The van der Waals surface area contributed by atoms with E-state index in [9.17, 15) is 9.59 Å². The summed E-state index contributed by atoms with van der Waals surface area (Å²) >= 11 is 0. The average Bonchev–Trinajstić information content (AvgIpc) is 3.42. The molecule has 0 radical (unpaired) electrons. The number of nitrogens with zero attached hydrogens (tertiary/aromatic N) is 3. The van der Waals surface area contributed by atoms with Gasteiger partial charge >= 0.3 is 6.09 Å². The second-order valence-corrected chi connectivity index (χ2v) is 11.1. The van der Waals surface area contributed by atoms with Crippen LogP contribution >= 0.6 is 0 Å². The van der Waals surface area contributed by atoms with Crippen molar-refractivity contribution in [2.24, 2.45) is 0 Å². The van der Waals surface area contributed by atoms with Gasteiger partial charge in [-0.2, -0.15) is 0 Å². The molecule has 0 aliphatic rings. The first kappa shape index (κ1) is 31.3. The lowest BCUT2D eigenvalue weighted by Gasteiger charge is -2.27. The maximum Gasteiger partial charge on any atom is 0.414 e. The van der Waals surface area contributed by atoms with Crippen LogP contribution in [0.1, 0.15) is 122 Å². The van der Waals surface area contributed by atoms with Gasteiger partial charge in [-0.1, -0.05) is 96.1 Å². The van der Waals surface area contributed by atoms with E-state index in [0.717, 1.165) is 24.1 Å². The quantitative estimate of drug-likeness (QED) is 0.153. The Bertz CT molecular complexity index is 943. The molecule has 0 unspecified atom stereocenters. The third kappa shape index (κ3) is 13.1. The van der Waals surface area contributed by atoms with E-state index in [-0.39, 0.29) is 12.0 Å². The van der Waals surface area contributed by atoms with Gasteiger partial charge in [0, 0.05) is 30.7 Å². The van der Waals surface area contributed by atoms with Gasteiger partial charge in [-0.05, 0) is 51.0 Å². The highest BCUT2D eigenvalue weighted by atomic mass is 16.6. The number of aromatic nitrogens is 2. The summed E-state index contributed by atoms with van der Waals surface area (Å²) in [5.74, 6) is -0.163. The van der Waals surface area contributed by atoms with Crippen LogP contribution in [0.5, 0.6) is 0 Å². The van der Waals surface area contributed by atoms with E-state index >= 15 is 0 Å². The Morgan fingerprint density at radius 3 is 1.92 bits per heavy atom. The molecule has 0 N–H and O–H groups in total. The maximum absolute atomic E-state index is 13.0. The zero-order valence-corrected chi connectivity index (χ0v) is 24.2. The fraction of sp³-hybridized carbons (Fsp3) is 0.594. The summed E-state index contributed by atoms with van der Waals surface area (Å²) in [6.45, 7) is 8.56. The highest BCUT2D eigenvalue weighted by Crippen LogP contribution is 2.21. The molecule has 2 aromatic rings. The number of allylic oxidation sites excluding steroid dienone is 1. The molecule has 0 saturated heterocycles. The molecule has 1 amide bonds. The summed E-state index contributed by atoms with van der Waals surface area (Å²) in [5.41, 5.74) is 1.13. The van der Waals surface area contributed by atoms with Crippen molar-refractivity contribution >= 4 is 23.8 Å². The number of unbranched alkanes of at least 4 members (excludes halogenated alkanes) is 12. The van der Waals surface area contributed by atoms with Gasteiger partial charge in [-0.15, -0.1) is 0 Å². The molecule has 1 aromatic carbocycles. The van der Waals surface area contributed by atoms with Crippen LogP contribution in [-0.2, 0) is 4.74 Å². The zero-order valence-electron chi connectivity index (χ0n) is 24.2. The van der Waals surface area contributed by atoms with E-state index < -0.39 is 5.60 Å². The van der Waals surface area contributed by atoms with Crippen LogP contribution in [0, 0.1) is 0 Å². The number of rotatable bonds is 17. The Balaban J connectivity index is 1.78. The molecule has 0 aliphatic carbocycles. The molecule has 1 heterocycles. The Labute approximate surface area is 230 Å². The number of carbonyl (C=O) groups excluding carboxylic acids is 2. The van der Waals surface area contributed by atoms with Gasteiger partial charge in [-0.25, -0.2) is 9.78 Å². The summed E-state index contributed by atoms with van der Waals surface area (Å²) in [6, 6.07) is 7.64. The first-order chi connectivity index (χ1) is 18.3. The minimum atomic E-state index is -0.554. The molecule has 1 aromatic heterocycles. The maximum atomic E-state index is 13.0. The van der Waals surface area contributed by atoms with Gasteiger partial charge in [0.15, 0.2) is 0 Å². The first-order valence-electron chi connectivity index (χ1n) is 14.6. The molecule has 2 rings (SSSR count). The molecule has 210 valence electrons. The van der Waals surface area contributed by atoms with Crippen LogP contribution in [0.3, 0.4) is 0 Å². The van der Waals surface area contributed by atoms with E-state index in [1.54, 1.807) is 23.4 Å². The van der Waals surface area contributed by atoms with Crippen molar-refractivity contribution < 1.29 is 14.3 Å². The Morgan fingerprint density at radius 1 is 0.868 bits per heavy atom. The SMILES string of the molecule is CCCCCCCCCCCCCCCN(C(=O)OC(C)(C)C)c1ccc(C=CC(=O)n2ccnc2)cc1. The Hall–Kier alpha value is -2.89. The second-order valence-electron chi connectivity index (χ2n) is 11.1. The molecular formula is C32H49N3O3. The Morgan fingerprint density at radius 2 is 1.42 bits per heavy atom. The lowest BCUT2D eigenvalue weighted by atomic mass is 10.0. The number of anilines is 1. The number of imidazole rings is 1. The van der Waals surface area contributed by atoms with Crippen LogP contribution in [0.2, 0.25) is 0 Å². The van der Waals surface area contributed by atoms with E-state index in [4.69, 9.17) is 4.74 Å². The number of ether oxygens (including phenoxy) is 1. The predicted molar refractivity (Wildman–Crippen MR) is 158 cm³/mol. The average molecular weight is 524 g/mol. The minimum absolute atomic E-state index is 0.163. The standard InChI is InChI=1S/C32H49N3O3/c1-5-6-7-8-9-10-11-12-13-14-15-16-17-25-35(31(37)38-32(2,3)4)29-21-18-28(19-22-29)20-23-30(36)34-26-24-33-27-34/h18-24,26-27H,5-17,25H2,1-4H3. The highest BCUT2D eigenvalue weighted by molar-refractivity contribution is 5.93. The number of hydrogen-bond donors (Lipinski definition) is 0. The number of carbonyl (C=O) groups is 2. The number of amides is 1. The summed E-state index contributed by atoms with van der Waals surface area (Å²) in [7, 11) is 0. The lowest BCUT2D eigenvalue weighted by Crippen LogP contribution is -2.37. The molecule has 6 nitrogen and oxygen atoms in total. The predicted octanol–water partition coefficient (Wildman–Crippen LogP) is 9.07. The van der Waals surface area contributed by atoms with Crippen LogP contribution in [-0.4, -0.2) is 33.7 Å². The smallest absolute Gasteiger partial charge is 0.414 e. The van der Waals surface area contributed by atoms with Gasteiger partial charge in [0.25, 0.3) is 5.91 Å². The van der Waals surface area contributed by atoms with E-state index in [2.05, 4.69) is 11.9 Å². The van der Waals surface area contributed by atoms with Crippen molar-refractivity contribution in [1.29, 1.82) is 0 Å². The first-order valence-corrected chi connectivity index (χ1v) is 14.6. The molecule has 0 bridgehead atoms. The van der Waals surface area contributed by atoms with Crippen molar-refractivity contribution in [3.8, 4) is 0 Å². The minimum Gasteiger partial charge on any atom is -0.443 e. The molecule has 0 spiro atoms. The van der Waals surface area contributed by atoms with Crippen molar-refractivity contribution in [3.63, 3.8) is 0 Å². The molecular weight excluding hydrogens is 474 g/mol. The van der Waals surface area contributed by atoms with Gasteiger partial charge < -0.3 is 4.74 Å². The monoisotopic (exact) mass is 523 g/mol. The fourth-order valence-electron chi connectivity index (χ4n) is 4.34. The zero-order chi connectivity index (χ0) is 27.6. The van der Waals surface area contributed by atoms with Crippen LogP contribution in [0.4, 0.5) is 10.5 Å². The molecule has 0 aliphatic heterocycles. The van der Waals surface area contributed by atoms with Gasteiger partial charge in [0.2, 0.25) is 0 Å². The highest BCUT2D eigenvalue weighted by Gasteiger charge is 2.23. The van der Waals surface area contributed by atoms with Crippen molar-refractivity contribution in [3.05, 3.63) is 54.6 Å². The Kier molecular flexibility index (Phi) is 14.5. The molecule has 0 fully saturated rings. The molecule has 0 atom stereocenters. The van der Waals surface area contributed by atoms with E-state index in [0.29, 0.717) is 6.54 Å². The summed E-state index contributed by atoms with van der Waals surface area (Å²) < 4.78 is 7.11. The van der Waals surface area contributed by atoms with Crippen LogP contribution in [0.15, 0.2) is 49.1 Å². The van der Waals surface area contributed by atoms with Crippen molar-refractivity contribution in [2.75, 3.05) is 11.4 Å². The number of benzene rings is 1. The van der Waals surface area contributed by atoms with E-state index in [1.165, 1.54) is 87.6 Å². The van der Waals surface area contributed by atoms with Crippen LogP contribution < -0.4 is 4.90 Å². The van der Waals surface area contributed by atoms with Crippen molar-refractivity contribution in [2.45, 2.75) is 117 Å². The fourth-order valence-corrected chi connectivity index (χ4v) is 4.34. The van der Waals surface area contributed by atoms with Crippen molar-refractivity contribution in [1.82, 2.24) is 9.55 Å². The molecule has 6 heteroatoms. The summed E-state index contributed by atoms with van der Waals surface area (Å²) in [4.78, 5) is 30.7. The normalized spacial score (nSPS) is 11.7. The largest absolute Gasteiger partial charge is 0.443 e. The topological polar surface area (TPSA) is 64.4 Å². The van der Waals surface area contributed by atoms with Gasteiger partial charge in [0.1, 0.15) is 11.9 Å². The molecule has 38 heavy (non-hydrogen) atoms. The third-order valence-electron chi connectivity index (χ3n) is 6.48. The lowest BCUT2D eigenvalue weighted by molar-refractivity contribution is 0.0579. The van der Waals surface area contributed by atoms with Gasteiger partial charge in [0.05, 0.1) is 0 Å². The van der Waals surface area contributed by atoms with E-state index in [1.807, 2.05) is 45.0 Å². The number of hydrogen-bond acceptors (Lipinski definition) is 4. The second kappa shape index (κ2) is 17.6. The van der Waals surface area contributed by atoms with Gasteiger partial charge in [-0.3, -0.25) is 14.3 Å².